The Bertz CT molecular complexity index is 691. The van der Waals surface area contributed by atoms with E-state index in [1.54, 1.807) is 0 Å². The maximum atomic E-state index is 5.56. The highest BCUT2D eigenvalue weighted by Crippen LogP contribution is 2.16. The lowest BCUT2D eigenvalue weighted by atomic mass is 10.1. The maximum absolute atomic E-state index is 5.56. The Hall–Kier alpha value is -2.04. The van der Waals surface area contributed by atoms with E-state index in [1.807, 2.05) is 0 Å². The highest BCUT2D eigenvalue weighted by Gasteiger charge is 2.03. The van der Waals surface area contributed by atoms with Crippen molar-refractivity contribution in [1.82, 2.24) is 9.80 Å². The molecule has 2 aliphatic rings. The molecule has 0 amide bonds. The van der Waals surface area contributed by atoms with E-state index in [2.05, 4.69) is 71.1 Å². The number of allylic oxidation sites excluding steroid dienone is 8. The fraction of sp³-hybridized carbons (Fsp3) is 0.667. The van der Waals surface area contributed by atoms with Crippen molar-refractivity contribution in [3.63, 3.8) is 0 Å². The molecular formula is C36H62N4. The van der Waals surface area contributed by atoms with Crippen LogP contribution in [0.3, 0.4) is 0 Å². The first kappa shape index (κ1) is 34.2. The second-order valence-electron chi connectivity index (χ2n) is 11.7. The highest BCUT2D eigenvalue weighted by molar-refractivity contribution is 5.34. The summed E-state index contributed by atoms with van der Waals surface area (Å²) in [6.07, 6.45) is 48.8. The molecule has 0 atom stereocenters. The molecule has 2 rings (SSSR count). The van der Waals surface area contributed by atoms with Crippen molar-refractivity contribution in [2.24, 2.45) is 11.5 Å². The van der Waals surface area contributed by atoms with Crippen LogP contribution in [0.5, 0.6) is 0 Å². The topological polar surface area (TPSA) is 58.5 Å². The predicted molar refractivity (Wildman–Crippen MR) is 177 cm³/mol. The molecule has 4 N–H and O–H groups in total. The maximum Gasteiger partial charge on any atom is 0.0219 e. The number of hydrogen-bond acceptors (Lipinski definition) is 4. The van der Waals surface area contributed by atoms with Gasteiger partial charge < -0.3 is 21.3 Å². The van der Waals surface area contributed by atoms with Gasteiger partial charge in [-0.3, -0.25) is 0 Å². The monoisotopic (exact) mass is 550 g/mol. The summed E-state index contributed by atoms with van der Waals surface area (Å²) in [5.41, 5.74) is 13.8. The Morgan fingerprint density at radius 3 is 1.05 bits per heavy atom. The summed E-state index contributed by atoms with van der Waals surface area (Å²) in [4.78, 5) is 4.69. The van der Waals surface area contributed by atoms with Crippen LogP contribution in [-0.4, -0.2) is 36.0 Å². The van der Waals surface area contributed by atoms with Crippen LogP contribution in [0.4, 0.5) is 0 Å². The molecule has 0 fully saturated rings. The third kappa shape index (κ3) is 18.3. The van der Waals surface area contributed by atoms with Gasteiger partial charge in [-0.05, 0) is 99.9 Å². The SMILES string of the molecule is NCCCCCCCC=C1C=CN(CCCCCCCCCCN2C=CC(=CCCCCCCCN)C=C2)C=C1. The molecule has 0 bridgehead atoms. The molecule has 0 aromatic rings. The Kier molecular flexibility index (Phi) is 21.1. The summed E-state index contributed by atoms with van der Waals surface area (Å²) in [7, 11) is 0. The average Bonchev–Trinajstić information content (AvgIpc) is 2.98. The zero-order valence-electron chi connectivity index (χ0n) is 25.8. The minimum atomic E-state index is 0.836. The quantitative estimate of drug-likeness (QED) is 0.111. The number of nitrogens with zero attached hydrogens (tertiary/aromatic N) is 2. The van der Waals surface area contributed by atoms with Crippen LogP contribution >= 0.6 is 0 Å². The molecule has 2 heterocycles. The van der Waals surface area contributed by atoms with Gasteiger partial charge in [-0.2, -0.15) is 0 Å². The second-order valence-corrected chi connectivity index (χ2v) is 11.7. The molecule has 226 valence electrons. The van der Waals surface area contributed by atoms with Crippen molar-refractivity contribution in [2.75, 3.05) is 26.2 Å². The minimum Gasteiger partial charge on any atom is -0.354 e. The molecule has 4 nitrogen and oxygen atoms in total. The smallest absolute Gasteiger partial charge is 0.0219 e. The van der Waals surface area contributed by atoms with Crippen LogP contribution in [-0.2, 0) is 0 Å². The van der Waals surface area contributed by atoms with E-state index in [9.17, 15) is 0 Å². The lowest BCUT2D eigenvalue weighted by Gasteiger charge is -2.19. The van der Waals surface area contributed by atoms with Crippen molar-refractivity contribution in [3.8, 4) is 0 Å². The molecule has 40 heavy (non-hydrogen) atoms. The van der Waals surface area contributed by atoms with Crippen LogP contribution in [0.1, 0.15) is 128 Å². The van der Waals surface area contributed by atoms with Gasteiger partial charge in [0.25, 0.3) is 0 Å². The largest absolute Gasteiger partial charge is 0.354 e. The van der Waals surface area contributed by atoms with Crippen molar-refractivity contribution in [3.05, 3.63) is 72.4 Å². The number of hydrogen-bond donors (Lipinski definition) is 2. The third-order valence-electron chi connectivity index (χ3n) is 7.99. The number of unbranched alkanes of at least 4 members (excludes halogenated alkanes) is 17. The van der Waals surface area contributed by atoms with Crippen LogP contribution < -0.4 is 11.5 Å². The Balaban J connectivity index is 1.36. The number of rotatable bonds is 25. The van der Waals surface area contributed by atoms with Crippen LogP contribution in [0.15, 0.2) is 72.4 Å². The van der Waals surface area contributed by atoms with Gasteiger partial charge in [0, 0.05) is 37.9 Å². The Morgan fingerprint density at radius 1 is 0.400 bits per heavy atom. The van der Waals surface area contributed by atoms with E-state index in [0.29, 0.717) is 0 Å². The first-order chi connectivity index (χ1) is 19.8. The third-order valence-corrected chi connectivity index (χ3v) is 7.99. The van der Waals surface area contributed by atoms with Crippen molar-refractivity contribution < 1.29 is 0 Å². The van der Waals surface area contributed by atoms with E-state index in [-0.39, 0.29) is 0 Å². The fourth-order valence-electron chi connectivity index (χ4n) is 5.33. The summed E-state index contributed by atoms with van der Waals surface area (Å²) >= 11 is 0. The normalized spacial score (nSPS) is 14.6. The zero-order chi connectivity index (χ0) is 28.4. The van der Waals surface area contributed by atoms with Gasteiger partial charge in [-0.1, -0.05) is 89.2 Å². The van der Waals surface area contributed by atoms with Gasteiger partial charge in [0.2, 0.25) is 0 Å². The average molecular weight is 551 g/mol. The van der Waals surface area contributed by atoms with E-state index >= 15 is 0 Å². The molecule has 0 aromatic carbocycles. The molecule has 0 spiro atoms. The predicted octanol–water partition coefficient (Wildman–Crippen LogP) is 9.24. The summed E-state index contributed by atoms with van der Waals surface area (Å²) in [6.45, 7) is 3.96. The Labute approximate surface area is 248 Å². The van der Waals surface area contributed by atoms with Crippen LogP contribution in [0, 0.1) is 0 Å². The summed E-state index contributed by atoms with van der Waals surface area (Å²) in [5, 5.41) is 0. The second kappa shape index (κ2) is 24.7. The van der Waals surface area contributed by atoms with Crippen molar-refractivity contribution in [1.29, 1.82) is 0 Å². The van der Waals surface area contributed by atoms with Crippen molar-refractivity contribution >= 4 is 0 Å². The fourth-order valence-corrected chi connectivity index (χ4v) is 5.33. The van der Waals surface area contributed by atoms with Gasteiger partial charge in [0.05, 0.1) is 0 Å². The van der Waals surface area contributed by atoms with Gasteiger partial charge in [-0.25, -0.2) is 0 Å². The van der Waals surface area contributed by atoms with E-state index in [1.165, 1.54) is 140 Å². The zero-order valence-corrected chi connectivity index (χ0v) is 25.8. The van der Waals surface area contributed by atoms with Gasteiger partial charge in [0.15, 0.2) is 0 Å². The van der Waals surface area contributed by atoms with Gasteiger partial charge >= 0.3 is 0 Å². The molecule has 2 aliphatic heterocycles. The molecule has 4 heteroatoms. The number of nitrogens with two attached hydrogens (primary N) is 2. The van der Waals surface area contributed by atoms with E-state index in [4.69, 9.17) is 11.5 Å². The Morgan fingerprint density at radius 2 is 0.700 bits per heavy atom. The lowest BCUT2D eigenvalue weighted by molar-refractivity contribution is 0.451. The summed E-state index contributed by atoms with van der Waals surface area (Å²) in [6, 6.07) is 0. The first-order valence-corrected chi connectivity index (χ1v) is 16.9. The first-order valence-electron chi connectivity index (χ1n) is 16.9. The standard InChI is InChI=1S/C36H62N4/c37-27-17-11-5-3-9-15-21-35-23-31-39(32-24-35)29-19-13-7-1-2-8-14-20-30-40-33-25-36(26-34-40)22-16-10-4-6-12-18-28-38/h21-26,31-34H,1-20,27-30,37-38H2. The summed E-state index contributed by atoms with van der Waals surface area (Å²) < 4.78 is 0. The minimum absolute atomic E-state index is 0.836. The highest BCUT2D eigenvalue weighted by atomic mass is 15.1. The molecule has 0 unspecified atom stereocenters. The molecule has 0 aromatic heterocycles. The summed E-state index contributed by atoms with van der Waals surface area (Å²) in [5.74, 6) is 0. The van der Waals surface area contributed by atoms with Crippen molar-refractivity contribution in [2.45, 2.75) is 128 Å². The molecule has 0 aliphatic carbocycles. The van der Waals surface area contributed by atoms with Crippen LogP contribution in [0.2, 0.25) is 0 Å². The van der Waals surface area contributed by atoms with E-state index in [0.717, 1.165) is 26.2 Å². The molecule has 0 saturated heterocycles. The van der Waals surface area contributed by atoms with E-state index < -0.39 is 0 Å². The lowest BCUT2D eigenvalue weighted by Crippen LogP contribution is -2.13. The van der Waals surface area contributed by atoms with Gasteiger partial charge in [-0.15, -0.1) is 0 Å². The van der Waals surface area contributed by atoms with Crippen LogP contribution in [0.25, 0.3) is 0 Å². The van der Waals surface area contributed by atoms with Gasteiger partial charge in [0.1, 0.15) is 0 Å². The molecular weight excluding hydrogens is 488 g/mol. The molecule has 0 saturated carbocycles. The molecule has 0 radical (unpaired) electrons.